The quantitative estimate of drug-likeness (QED) is 0.685. The second-order valence-electron chi connectivity index (χ2n) is 3.97. The molecule has 0 unspecified atom stereocenters. The van der Waals surface area contributed by atoms with Crippen molar-refractivity contribution in [2.24, 2.45) is 0 Å². The van der Waals surface area contributed by atoms with Crippen LogP contribution in [-0.2, 0) is 0 Å². The van der Waals surface area contributed by atoms with Crippen LogP contribution in [0.3, 0.4) is 0 Å². The van der Waals surface area contributed by atoms with Crippen molar-refractivity contribution in [1.29, 1.82) is 0 Å². The number of nitrogens with two attached hydrogens (primary N) is 1. The van der Waals surface area contributed by atoms with Gasteiger partial charge in [-0.2, -0.15) is 0 Å². The molecule has 0 saturated carbocycles. The average Bonchev–Trinajstić information content (AvgIpc) is 2.75. The molecule has 2 aromatic rings. The third-order valence-corrected chi connectivity index (χ3v) is 2.91. The summed E-state index contributed by atoms with van der Waals surface area (Å²) in [4.78, 5) is 8.10. The van der Waals surface area contributed by atoms with Crippen molar-refractivity contribution < 1.29 is 0 Å². The summed E-state index contributed by atoms with van der Waals surface area (Å²) < 4.78 is 1.85. The Kier molecular flexibility index (Phi) is 2.17. The van der Waals surface area contributed by atoms with E-state index in [1.807, 2.05) is 4.68 Å². The van der Waals surface area contributed by atoms with E-state index in [0.717, 1.165) is 31.6 Å². The molecule has 3 heterocycles. The maximum atomic E-state index is 5.72. The zero-order valence-corrected chi connectivity index (χ0v) is 8.80. The topological polar surface area (TPSA) is 94.5 Å². The van der Waals surface area contributed by atoms with E-state index in [2.05, 4.69) is 25.6 Å². The normalized spacial score (nSPS) is 21.4. The van der Waals surface area contributed by atoms with Gasteiger partial charge in [-0.1, -0.05) is 5.21 Å². The zero-order chi connectivity index (χ0) is 11.0. The first-order chi connectivity index (χ1) is 7.86. The van der Waals surface area contributed by atoms with Gasteiger partial charge in [-0.25, -0.2) is 14.6 Å². The lowest BCUT2D eigenvalue weighted by Crippen LogP contribution is -2.32. The fraction of sp³-hybridized carbons (Fsp3) is 0.556. The molecule has 3 N–H and O–H groups in total. The van der Waals surface area contributed by atoms with Crippen molar-refractivity contribution in [2.45, 2.75) is 18.9 Å². The first-order valence-corrected chi connectivity index (χ1v) is 5.38. The van der Waals surface area contributed by atoms with Gasteiger partial charge in [0, 0.05) is 6.54 Å². The average molecular weight is 219 g/mol. The molecule has 1 fully saturated rings. The lowest BCUT2D eigenvalue weighted by molar-refractivity contribution is 0.347. The minimum atomic E-state index is 0.313. The smallest absolute Gasteiger partial charge is 0.184 e. The van der Waals surface area contributed by atoms with E-state index >= 15 is 0 Å². The number of aromatic nitrogens is 5. The summed E-state index contributed by atoms with van der Waals surface area (Å²) in [5, 5.41) is 11.5. The van der Waals surface area contributed by atoms with E-state index in [-0.39, 0.29) is 0 Å². The number of nitrogens with one attached hydrogen (secondary N) is 1. The molecule has 7 heteroatoms. The Bertz CT molecular complexity index is 500. The summed E-state index contributed by atoms with van der Waals surface area (Å²) in [7, 11) is 0. The van der Waals surface area contributed by atoms with Crippen LogP contribution < -0.4 is 11.1 Å². The van der Waals surface area contributed by atoms with E-state index in [1.54, 1.807) is 0 Å². The molecule has 0 bridgehead atoms. The van der Waals surface area contributed by atoms with Crippen LogP contribution in [0.2, 0.25) is 0 Å². The first kappa shape index (κ1) is 9.46. The molecule has 0 aliphatic carbocycles. The summed E-state index contributed by atoms with van der Waals surface area (Å²) in [5.74, 6) is 0.389. The number of piperidine rings is 1. The first-order valence-electron chi connectivity index (χ1n) is 5.38. The lowest BCUT2D eigenvalue weighted by atomic mass is 10.1. The molecule has 16 heavy (non-hydrogen) atoms. The molecule has 1 aliphatic rings. The van der Waals surface area contributed by atoms with Crippen molar-refractivity contribution in [3.63, 3.8) is 0 Å². The Morgan fingerprint density at radius 2 is 2.38 bits per heavy atom. The fourth-order valence-electron chi connectivity index (χ4n) is 2.07. The van der Waals surface area contributed by atoms with E-state index in [9.17, 15) is 0 Å². The SMILES string of the molecule is Nc1ncnc2c1nnn2[C@H]1CCCNC1. The standard InChI is InChI=1S/C9H13N7/c10-8-7-9(13-5-12-8)16(15-14-7)6-2-1-3-11-4-6/h5-6,11H,1-4H2,(H2,10,12,13)/t6-/m0/s1. The molecule has 1 aliphatic heterocycles. The van der Waals surface area contributed by atoms with Gasteiger partial charge < -0.3 is 11.1 Å². The molecule has 0 spiro atoms. The number of nitrogen functional groups attached to an aromatic ring is 1. The van der Waals surface area contributed by atoms with Gasteiger partial charge in [0.2, 0.25) is 0 Å². The van der Waals surface area contributed by atoms with E-state index in [4.69, 9.17) is 5.73 Å². The summed E-state index contributed by atoms with van der Waals surface area (Å²) in [6.07, 6.45) is 3.69. The predicted molar refractivity (Wildman–Crippen MR) is 58.7 cm³/mol. The molecular weight excluding hydrogens is 206 g/mol. The van der Waals surface area contributed by atoms with Gasteiger partial charge in [-0.3, -0.25) is 0 Å². The molecule has 2 aromatic heterocycles. The summed E-state index contributed by atoms with van der Waals surface area (Å²) in [6.45, 7) is 1.97. The van der Waals surface area contributed by atoms with Crippen LogP contribution in [0.25, 0.3) is 11.2 Å². The van der Waals surface area contributed by atoms with E-state index < -0.39 is 0 Å². The lowest BCUT2D eigenvalue weighted by Gasteiger charge is -2.22. The van der Waals surface area contributed by atoms with Gasteiger partial charge in [-0.05, 0) is 19.4 Å². The van der Waals surface area contributed by atoms with Gasteiger partial charge in [0.15, 0.2) is 17.0 Å². The third-order valence-electron chi connectivity index (χ3n) is 2.91. The maximum absolute atomic E-state index is 5.72. The second kappa shape index (κ2) is 3.67. The summed E-state index contributed by atoms with van der Waals surface area (Å²) >= 11 is 0. The second-order valence-corrected chi connectivity index (χ2v) is 3.97. The molecule has 7 nitrogen and oxygen atoms in total. The molecular formula is C9H13N7. The van der Waals surface area contributed by atoms with Gasteiger partial charge in [0.05, 0.1) is 6.04 Å². The summed E-state index contributed by atoms with van der Waals surface area (Å²) in [5.41, 5.74) is 7.03. The van der Waals surface area contributed by atoms with Crippen LogP contribution in [-0.4, -0.2) is 38.1 Å². The zero-order valence-electron chi connectivity index (χ0n) is 8.80. The molecule has 0 amide bonds. The van der Waals surface area contributed by atoms with Gasteiger partial charge >= 0.3 is 0 Å². The van der Waals surface area contributed by atoms with Crippen molar-refractivity contribution in [2.75, 3.05) is 18.8 Å². The highest BCUT2D eigenvalue weighted by atomic mass is 15.5. The molecule has 0 aromatic carbocycles. The van der Waals surface area contributed by atoms with Crippen LogP contribution in [0.5, 0.6) is 0 Å². The van der Waals surface area contributed by atoms with Gasteiger partial charge in [0.1, 0.15) is 6.33 Å². The molecule has 84 valence electrons. The van der Waals surface area contributed by atoms with Gasteiger partial charge in [-0.15, -0.1) is 5.10 Å². The molecule has 1 atom stereocenters. The highest BCUT2D eigenvalue weighted by molar-refractivity contribution is 5.80. The van der Waals surface area contributed by atoms with Crippen molar-refractivity contribution in [1.82, 2.24) is 30.3 Å². The highest BCUT2D eigenvalue weighted by Crippen LogP contribution is 2.20. The van der Waals surface area contributed by atoms with Crippen LogP contribution >= 0.6 is 0 Å². The molecule has 3 rings (SSSR count). The van der Waals surface area contributed by atoms with Crippen LogP contribution in [0, 0.1) is 0 Å². The van der Waals surface area contributed by atoms with Gasteiger partial charge in [0.25, 0.3) is 0 Å². The monoisotopic (exact) mass is 219 g/mol. The Hall–Kier alpha value is -1.76. The fourth-order valence-corrected chi connectivity index (χ4v) is 2.07. The Balaban J connectivity index is 2.06. The Labute approximate surface area is 92.1 Å². The largest absolute Gasteiger partial charge is 0.382 e. The van der Waals surface area contributed by atoms with Crippen LogP contribution in [0.4, 0.5) is 5.82 Å². The minimum absolute atomic E-state index is 0.313. The number of hydrogen-bond acceptors (Lipinski definition) is 6. The van der Waals surface area contributed by atoms with E-state index in [1.165, 1.54) is 6.33 Å². The predicted octanol–water partition coefficient (Wildman–Crippen LogP) is -0.272. The minimum Gasteiger partial charge on any atom is -0.382 e. The molecule has 0 radical (unpaired) electrons. The Morgan fingerprint density at radius 1 is 1.44 bits per heavy atom. The van der Waals surface area contributed by atoms with Crippen molar-refractivity contribution in [3.8, 4) is 0 Å². The number of nitrogens with zero attached hydrogens (tertiary/aromatic N) is 5. The molecule has 1 saturated heterocycles. The number of anilines is 1. The highest BCUT2D eigenvalue weighted by Gasteiger charge is 2.19. The number of fused-ring (bicyclic) bond motifs is 1. The summed E-state index contributed by atoms with van der Waals surface area (Å²) in [6, 6.07) is 0.313. The van der Waals surface area contributed by atoms with Crippen LogP contribution in [0.15, 0.2) is 6.33 Å². The van der Waals surface area contributed by atoms with Crippen molar-refractivity contribution in [3.05, 3.63) is 6.33 Å². The van der Waals surface area contributed by atoms with E-state index in [0.29, 0.717) is 17.4 Å². The number of rotatable bonds is 1. The number of hydrogen-bond donors (Lipinski definition) is 2. The van der Waals surface area contributed by atoms with Crippen LogP contribution in [0.1, 0.15) is 18.9 Å². The van der Waals surface area contributed by atoms with Crippen molar-refractivity contribution >= 4 is 17.0 Å². The Morgan fingerprint density at radius 3 is 3.19 bits per heavy atom. The third kappa shape index (κ3) is 1.40. The maximum Gasteiger partial charge on any atom is 0.184 e.